The van der Waals surface area contributed by atoms with Crippen molar-refractivity contribution in [1.82, 2.24) is 10.3 Å². The molecule has 1 aliphatic heterocycles. The van der Waals surface area contributed by atoms with E-state index < -0.39 is 9.84 Å². The van der Waals surface area contributed by atoms with E-state index in [0.29, 0.717) is 13.0 Å². The van der Waals surface area contributed by atoms with Gasteiger partial charge in [-0.15, -0.1) is 0 Å². The SMILES string of the molecule is CS(=O)(=O)c1cncc(-c2cccc(C3CNC(=O)CC3c3ccccc3)c2)c1. The number of nitrogens with zero attached hydrogens (tertiary/aromatic N) is 1. The first-order valence-corrected chi connectivity index (χ1v) is 11.4. The van der Waals surface area contributed by atoms with Gasteiger partial charge in [0.25, 0.3) is 0 Å². The van der Waals surface area contributed by atoms with E-state index in [9.17, 15) is 13.2 Å². The highest BCUT2D eigenvalue weighted by atomic mass is 32.2. The fourth-order valence-corrected chi connectivity index (χ4v) is 4.50. The predicted molar refractivity (Wildman–Crippen MR) is 112 cm³/mol. The number of hydrogen-bond donors (Lipinski definition) is 1. The van der Waals surface area contributed by atoms with Crippen molar-refractivity contribution in [1.29, 1.82) is 0 Å². The Kier molecular flexibility index (Phi) is 5.20. The molecule has 2 heterocycles. The van der Waals surface area contributed by atoms with Crippen molar-refractivity contribution >= 4 is 15.7 Å². The number of hydrogen-bond acceptors (Lipinski definition) is 4. The Hall–Kier alpha value is -2.99. The minimum Gasteiger partial charge on any atom is -0.355 e. The molecule has 1 saturated heterocycles. The average molecular weight is 407 g/mol. The van der Waals surface area contributed by atoms with Gasteiger partial charge in [0, 0.05) is 49.0 Å². The highest BCUT2D eigenvalue weighted by molar-refractivity contribution is 7.90. The summed E-state index contributed by atoms with van der Waals surface area (Å²) in [7, 11) is -3.32. The molecular weight excluding hydrogens is 384 g/mol. The molecule has 1 fully saturated rings. The number of benzene rings is 2. The smallest absolute Gasteiger partial charge is 0.220 e. The molecule has 29 heavy (non-hydrogen) atoms. The summed E-state index contributed by atoms with van der Waals surface area (Å²) >= 11 is 0. The summed E-state index contributed by atoms with van der Waals surface area (Å²) in [4.78, 5) is 16.4. The Morgan fingerprint density at radius 3 is 2.41 bits per heavy atom. The third-order valence-electron chi connectivity index (χ3n) is 5.43. The Morgan fingerprint density at radius 1 is 0.897 bits per heavy atom. The van der Waals surface area contributed by atoms with E-state index in [1.54, 1.807) is 12.3 Å². The van der Waals surface area contributed by atoms with Crippen molar-refractivity contribution < 1.29 is 13.2 Å². The first-order valence-electron chi connectivity index (χ1n) is 9.49. The highest BCUT2D eigenvalue weighted by Crippen LogP contribution is 2.38. The number of pyridine rings is 1. The second-order valence-electron chi connectivity index (χ2n) is 7.44. The van der Waals surface area contributed by atoms with Crippen LogP contribution in [0.4, 0.5) is 0 Å². The van der Waals surface area contributed by atoms with E-state index in [2.05, 4.69) is 34.6 Å². The molecule has 4 rings (SSSR count). The van der Waals surface area contributed by atoms with Crippen LogP contribution >= 0.6 is 0 Å². The van der Waals surface area contributed by atoms with Crippen LogP contribution in [0.3, 0.4) is 0 Å². The maximum absolute atomic E-state index is 12.1. The van der Waals surface area contributed by atoms with Gasteiger partial charge in [0.1, 0.15) is 0 Å². The van der Waals surface area contributed by atoms with Crippen LogP contribution in [0.2, 0.25) is 0 Å². The lowest BCUT2D eigenvalue weighted by atomic mass is 9.77. The summed E-state index contributed by atoms with van der Waals surface area (Å²) in [6.45, 7) is 0.573. The van der Waals surface area contributed by atoms with E-state index in [4.69, 9.17) is 0 Å². The van der Waals surface area contributed by atoms with Crippen LogP contribution < -0.4 is 5.32 Å². The number of carbonyl (C=O) groups excluding carboxylic acids is 1. The molecule has 0 spiro atoms. The Bertz CT molecular complexity index is 1140. The molecule has 2 atom stereocenters. The molecule has 0 radical (unpaired) electrons. The maximum Gasteiger partial charge on any atom is 0.220 e. The molecule has 0 bridgehead atoms. The van der Waals surface area contributed by atoms with Crippen LogP contribution in [0.5, 0.6) is 0 Å². The second kappa shape index (κ2) is 7.79. The molecule has 5 nitrogen and oxygen atoms in total. The second-order valence-corrected chi connectivity index (χ2v) is 9.45. The Balaban J connectivity index is 1.72. The first kappa shape index (κ1) is 19.3. The third kappa shape index (κ3) is 4.22. The van der Waals surface area contributed by atoms with Crippen LogP contribution in [0, 0.1) is 0 Å². The summed E-state index contributed by atoms with van der Waals surface area (Å²) in [6, 6.07) is 19.8. The van der Waals surface area contributed by atoms with Crippen LogP contribution in [0.1, 0.15) is 29.4 Å². The summed E-state index contributed by atoms with van der Waals surface area (Å²) in [5.74, 6) is 0.304. The molecule has 1 N–H and O–H groups in total. The lowest BCUT2D eigenvalue weighted by molar-refractivity contribution is -0.122. The van der Waals surface area contributed by atoms with Gasteiger partial charge in [0.15, 0.2) is 9.84 Å². The quantitative estimate of drug-likeness (QED) is 0.719. The maximum atomic E-state index is 12.1. The van der Waals surface area contributed by atoms with Gasteiger partial charge in [0.2, 0.25) is 5.91 Å². The van der Waals surface area contributed by atoms with Crippen LogP contribution in [0.25, 0.3) is 11.1 Å². The van der Waals surface area contributed by atoms with Crippen molar-refractivity contribution in [3.8, 4) is 11.1 Å². The monoisotopic (exact) mass is 406 g/mol. The van der Waals surface area contributed by atoms with Gasteiger partial charge in [-0.05, 0) is 22.8 Å². The van der Waals surface area contributed by atoms with Crippen LogP contribution in [0.15, 0.2) is 78.0 Å². The summed E-state index contributed by atoms with van der Waals surface area (Å²) in [5, 5.41) is 2.99. The first-order chi connectivity index (χ1) is 13.9. The van der Waals surface area contributed by atoms with E-state index in [0.717, 1.165) is 22.3 Å². The van der Waals surface area contributed by atoms with Gasteiger partial charge >= 0.3 is 0 Å². The number of nitrogens with one attached hydrogen (secondary N) is 1. The van der Waals surface area contributed by atoms with Crippen LogP contribution in [-0.4, -0.2) is 32.1 Å². The lowest BCUT2D eigenvalue weighted by Gasteiger charge is -2.32. The van der Waals surface area contributed by atoms with Gasteiger partial charge in [-0.3, -0.25) is 9.78 Å². The van der Waals surface area contributed by atoms with Crippen molar-refractivity contribution in [3.63, 3.8) is 0 Å². The van der Waals surface area contributed by atoms with Crippen molar-refractivity contribution in [2.75, 3.05) is 12.8 Å². The fourth-order valence-electron chi connectivity index (χ4n) is 3.91. The standard InChI is InChI=1S/C23H22N2O3S/c1-29(27,28)20-11-19(13-24-14-20)17-8-5-9-18(10-17)22-15-25-23(26)12-21(22)16-6-3-2-4-7-16/h2-11,13-14,21-22H,12,15H2,1H3,(H,25,26). The number of piperidine rings is 1. The number of rotatable bonds is 4. The lowest BCUT2D eigenvalue weighted by Crippen LogP contribution is -2.38. The molecule has 6 heteroatoms. The molecule has 0 saturated carbocycles. The van der Waals surface area contributed by atoms with Gasteiger partial charge in [-0.1, -0.05) is 54.6 Å². The zero-order chi connectivity index (χ0) is 20.4. The van der Waals surface area contributed by atoms with E-state index in [-0.39, 0.29) is 22.6 Å². The number of amides is 1. The summed E-state index contributed by atoms with van der Waals surface area (Å²) in [6.07, 6.45) is 4.67. The van der Waals surface area contributed by atoms with E-state index in [1.165, 1.54) is 12.5 Å². The van der Waals surface area contributed by atoms with E-state index in [1.807, 2.05) is 30.3 Å². The van der Waals surface area contributed by atoms with Crippen molar-refractivity contribution in [2.24, 2.45) is 0 Å². The van der Waals surface area contributed by atoms with Gasteiger partial charge in [-0.2, -0.15) is 0 Å². The fraction of sp³-hybridized carbons (Fsp3) is 0.217. The largest absolute Gasteiger partial charge is 0.355 e. The van der Waals surface area contributed by atoms with Crippen LogP contribution in [-0.2, 0) is 14.6 Å². The van der Waals surface area contributed by atoms with Crippen molar-refractivity contribution in [2.45, 2.75) is 23.2 Å². The molecule has 0 aliphatic carbocycles. The van der Waals surface area contributed by atoms with Gasteiger partial charge < -0.3 is 5.32 Å². The molecule has 148 valence electrons. The number of carbonyl (C=O) groups is 1. The molecule has 1 aliphatic rings. The third-order valence-corrected chi connectivity index (χ3v) is 6.51. The van der Waals surface area contributed by atoms with Gasteiger partial charge in [0.05, 0.1) is 4.90 Å². The Morgan fingerprint density at radius 2 is 1.66 bits per heavy atom. The number of sulfone groups is 1. The molecule has 2 unspecified atom stereocenters. The number of aromatic nitrogens is 1. The molecule has 2 aromatic carbocycles. The zero-order valence-corrected chi connectivity index (χ0v) is 16.9. The van der Waals surface area contributed by atoms with Crippen molar-refractivity contribution in [3.05, 3.63) is 84.2 Å². The summed E-state index contributed by atoms with van der Waals surface area (Å²) in [5.41, 5.74) is 3.93. The highest BCUT2D eigenvalue weighted by Gasteiger charge is 2.31. The topological polar surface area (TPSA) is 76.1 Å². The zero-order valence-electron chi connectivity index (χ0n) is 16.1. The Labute approximate surface area is 170 Å². The summed E-state index contributed by atoms with van der Waals surface area (Å²) < 4.78 is 23.8. The molecule has 3 aromatic rings. The normalized spacial score (nSPS) is 19.6. The average Bonchev–Trinajstić information content (AvgIpc) is 2.74. The van der Waals surface area contributed by atoms with E-state index >= 15 is 0 Å². The molecular formula is C23H22N2O3S. The molecule has 1 amide bonds. The minimum absolute atomic E-state index is 0.0660. The predicted octanol–water partition coefficient (Wildman–Crippen LogP) is 3.54. The van der Waals surface area contributed by atoms with Gasteiger partial charge in [-0.25, -0.2) is 8.42 Å². The molecule has 1 aromatic heterocycles. The minimum atomic E-state index is -3.32.